The van der Waals surface area contributed by atoms with E-state index in [4.69, 9.17) is 16.7 Å². The van der Waals surface area contributed by atoms with Gasteiger partial charge in [0.1, 0.15) is 0 Å². The molecule has 1 aromatic carbocycles. The van der Waals surface area contributed by atoms with Gasteiger partial charge in [-0.1, -0.05) is 25.4 Å². The average Bonchev–Trinajstić information content (AvgIpc) is 2.35. The third-order valence-electron chi connectivity index (χ3n) is 2.87. The molecule has 0 amide bonds. The van der Waals surface area contributed by atoms with Crippen molar-refractivity contribution in [2.75, 3.05) is 13.2 Å². The molecule has 0 atom stereocenters. The van der Waals surface area contributed by atoms with Gasteiger partial charge in [0.05, 0.1) is 4.90 Å². The Hall–Kier alpha value is -0.620. The maximum Gasteiger partial charge on any atom is 0.240 e. The number of sulfonamides is 1. The van der Waals surface area contributed by atoms with E-state index in [0.29, 0.717) is 18.0 Å². The Labute approximate surface area is 119 Å². The predicted octanol–water partition coefficient (Wildman–Crippen LogP) is 2.42. The summed E-state index contributed by atoms with van der Waals surface area (Å²) in [6, 6.07) is 6.04. The zero-order chi connectivity index (χ0) is 14.5. The van der Waals surface area contributed by atoms with Crippen LogP contribution in [0.4, 0.5) is 0 Å². The Bertz CT molecular complexity index is 497. The van der Waals surface area contributed by atoms with Crippen LogP contribution in [0.15, 0.2) is 29.2 Å². The lowest BCUT2D eigenvalue weighted by molar-refractivity contribution is 0.148. The third kappa shape index (κ3) is 5.48. The molecule has 0 saturated heterocycles. The van der Waals surface area contributed by atoms with E-state index in [1.54, 1.807) is 12.1 Å². The largest absolute Gasteiger partial charge is 0.396 e. The van der Waals surface area contributed by atoms with Crippen molar-refractivity contribution in [3.05, 3.63) is 29.3 Å². The van der Waals surface area contributed by atoms with Gasteiger partial charge in [-0.25, -0.2) is 13.1 Å². The summed E-state index contributed by atoms with van der Waals surface area (Å²) in [6.07, 6.45) is 1.44. The normalized spacial score (nSPS) is 12.6. The fraction of sp³-hybridized carbons (Fsp3) is 0.538. The topological polar surface area (TPSA) is 66.4 Å². The molecule has 0 aliphatic rings. The van der Waals surface area contributed by atoms with Crippen LogP contribution in [0.5, 0.6) is 0 Å². The second-order valence-corrected chi connectivity index (χ2v) is 7.48. The van der Waals surface area contributed by atoms with Gasteiger partial charge in [0.25, 0.3) is 0 Å². The van der Waals surface area contributed by atoms with Gasteiger partial charge in [0.2, 0.25) is 10.0 Å². The van der Waals surface area contributed by atoms with E-state index in [0.717, 1.165) is 6.42 Å². The standard InChI is InChI=1S/C13H20ClNO3S/c1-13(2,10-16)8-3-9-15-19(17,18)12-6-4-11(14)5-7-12/h4-7,15-16H,3,8-10H2,1-2H3. The predicted molar refractivity (Wildman–Crippen MR) is 76.7 cm³/mol. The molecule has 0 aromatic heterocycles. The van der Waals surface area contributed by atoms with Crippen molar-refractivity contribution in [3.8, 4) is 0 Å². The monoisotopic (exact) mass is 305 g/mol. The van der Waals surface area contributed by atoms with Crippen LogP contribution < -0.4 is 4.72 Å². The molecule has 1 rings (SSSR count). The Morgan fingerprint density at radius 3 is 2.37 bits per heavy atom. The van der Waals surface area contributed by atoms with Crippen LogP contribution in [0.2, 0.25) is 5.02 Å². The molecule has 2 N–H and O–H groups in total. The van der Waals surface area contributed by atoms with E-state index in [1.807, 2.05) is 13.8 Å². The van der Waals surface area contributed by atoms with Crippen molar-refractivity contribution in [1.82, 2.24) is 4.72 Å². The first-order chi connectivity index (χ1) is 8.77. The molecule has 0 fully saturated rings. The van der Waals surface area contributed by atoms with E-state index < -0.39 is 10.0 Å². The van der Waals surface area contributed by atoms with Crippen LogP contribution in [-0.2, 0) is 10.0 Å². The lowest BCUT2D eigenvalue weighted by atomic mass is 9.89. The summed E-state index contributed by atoms with van der Waals surface area (Å²) >= 11 is 5.72. The van der Waals surface area contributed by atoms with Gasteiger partial charge < -0.3 is 5.11 Å². The van der Waals surface area contributed by atoms with Gasteiger partial charge in [-0.2, -0.15) is 0 Å². The molecule has 0 spiro atoms. The molecule has 1 aromatic rings. The molecule has 19 heavy (non-hydrogen) atoms. The highest BCUT2D eigenvalue weighted by Crippen LogP contribution is 2.20. The summed E-state index contributed by atoms with van der Waals surface area (Å²) in [7, 11) is -3.47. The number of aliphatic hydroxyl groups excluding tert-OH is 1. The zero-order valence-electron chi connectivity index (χ0n) is 11.2. The summed E-state index contributed by atoms with van der Waals surface area (Å²) in [4.78, 5) is 0.207. The molecule has 0 aliphatic carbocycles. The maximum atomic E-state index is 11.9. The summed E-state index contributed by atoms with van der Waals surface area (Å²) in [5, 5.41) is 9.61. The Kier molecular flexibility index (Phi) is 5.80. The van der Waals surface area contributed by atoms with Crippen molar-refractivity contribution in [2.45, 2.75) is 31.6 Å². The molecule has 0 saturated carbocycles. The first kappa shape index (κ1) is 16.4. The summed E-state index contributed by atoms with van der Waals surface area (Å²) in [5.74, 6) is 0. The number of halogens is 1. The molecule has 0 aliphatic heterocycles. The quantitative estimate of drug-likeness (QED) is 0.760. The number of aliphatic hydroxyl groups is 1. The van der Waals surface area contributed by atoms with Gasteiger partial charge in [0.15, 0.2) is 0 Å². The van der Waals surface area contributed by atoms with E-state index in [-0.39, 0.29) is 16.9 Å². The summed E-state index contributed by atoms with van der Waals surface area (Å²) < 4.78 is 26.4. The third-order valence-corrected chi connectivity index (χ3v) is 4.60. The van der Waals surface area contributed by atoms with Gasteiger partial charge in [-0.3, -0.25) is 0 Å². The molecule has 0 unspecified atom stereocenters. The van der Waals surface area contributed by atoms with Crippen LogP contribution in [0.3, 0.4) is 0 Å². The minimum Gasteiger partial charge on any atom is -0.396 e. The lowest BCUT2D eigenvalue weighted by Crippen LogP contribution is -2.26. The second-order valence-electron chi connectivity index (χ2n) is 5.28. The van der Waals surface area contributed by atoms with Crippen LogP contribution in [0.1, 0.15) is 26.7 Å². The molecule has 4 nitrogen and oxygen atoms in total. The zero-order valence-corrected chi connectivity index (χ0v) is 12.8. The molecule has 0 heterocycles. The summed E-state index contributed by atoms with van der Waals surface area (Å²) in [6.45, 7) is 4.34. The van der Waals surface area contributed by atoms with E-state index in [1.165, 1.54) is 12.1 Å². The Morgan fingerprint density at radius 1 is 1.26 bits per heavy atom. The molecule has 6 heteroatoms. The second kappa shape index (κ2) is 6.70. The van der Waals surface area contributed by atoms with E-state index >= 15 is 0 Å². The smallest absolute Gasteiger partial charge is 0.240 e. The highest BCUT2D eigenvalue weighted by Gasteiger charge is 2.17. The van der Waals surface area contributed by atoms with Gasteiger partial charge >= 0.3 is 0 Å². The number of rotatable bonds is 7. The molecule has 108 valence electrons. The van der Waals surface area contributed by atoms with Crippen molar-refractivity contribution in [2.24, 2.45) is 5.41 Å². The minimum absolute atomic E-state index is 0.0942. The molecule has 0 radical (unpaired) electrons. The SMILES string of the molecule is CC(C)(CO)CCCNS(=O)(=O)c1ccc(Cl)cc1. The van der Waals surface area contributed by atoms with Crippen molar-refractivity contribution in [3.63, 3.8) is 0 Å². The minimum atomic E-state index is -3.47. The molecule has 0 bridgehead atoms. The number of hydrogen-bond acceptors (Lipinski definition) is 3. The fourth-order valence-electron chi connectivity index (χ4n) is 1.55. The molecular formula is C13H20ClNO3S. The maximum absolute atomic E-state index is 11.9. The fourth-order valence-corrected chi connectivity index (χ4v) is 2.75. The van der Waals surface area contributed by atoms with Crippen LogP contribution in [-0.4, -0.2) is 26.7 Å². The highest BCUT2D eigenvalue weighted by atomic mass is 35.5. The van der Waals surface area contributed by atoms with E-state index in [2.05, 4.69) is 4.72 Å². The van der Waals surface area contributed by atoms with E-state index in [9.17, 15) is 8.42 Å². The number of hydrogen-bond donors (Lipinski definition) is 2. The molecular weight excluding hydrogens is 286 g/mol. The average molecular weight is 306 g/mol. The highest BCUT2D eigenvalue weighted by molar-refractivity contribution is 7.89. The van der Waals surface area contributed by atoms with Crippen molar-refractivity contribution < 1.29 is 13.5 Å². The summed E-state index contributed by atoms with van der Waals surface area (Å²) in [5.41, 5.74) is -0.175. The Balaban J connectivity index is 2.50. The first-order valence-corrected chi connectivity index (χ1v) is 7.99. The van der Waals surface area contributed by atoms with Crippen LogP contribution in [0, 0.1) is 5.41 Å². The first-order valence-electron chi connectivity index (χ1n) is 6.13. The number of benzene rings is 1. The van der Waals surface area contributed by atoms with Crippen LogP contribution in [0.25, 0.3) is 0 Å². The van der Waals surface area contributed by atoms with Gasteiger partial charge in [-0.15, -0.1) is 0 Å². The van der Waals surface area contributed by atoms with Gasteiger partial charge in [0, 0.05) is 18.2 Å². The lowest BCUT2D eigenvalue weighted by Gasteiger charge is -2.21. The van der Waals surface area contributed by atoms with Crippen LogP contribution >= 0.6 is 11.6 Å². The van der Waals surface area contributed by atoms with Crippen molar-refractivity contribution in [1.29, 1.82) is 0 Å². The van der Waals surface area contributed by atoms with Gasteiger partial charge in [-0.05, 0) is 42.5 Å². The van der Waals surface area contributed by atoms with Crippen molar-refractivity contribution >= 4 is 21.6 Å². The number of nitrogens with one attached hydrogen (secondary N) is 1. The Morgan fingerprint density at radius 2 is 1.84 bits per heavy atom.